The summed E-state index contributed by atoms with van der Waals surface area (Å²) >= 11 is 0. The molecule has 0 radical (unpaired) electrons. The van der Waals surface area contributed by atoms with E-state index in [9.17, 15) is 5.11 Å². The molecule has 0 saturated heterocycles. The van der Waals surface area contributed by atoms with Crippen LogP contribution in [0.4, 0.5) is 0 Å². The van der Waals surface area contributed by atoms with Crippen molar-refractivity contribution in [2.45, 2.75) is 0 Å². The van der Waals surface area contributed by atoms with Gasteiger partial charge in [0.05, 0.1) is 23.3 Å². The smallest absolute Gasteiger partial charge is 0.123 e. The Balaban J connectivity index is 2.69. The van der Waals surface area contributed by atoms with E-state index in [0.29, 0.717) is 22.3 Å². The molecule has 0 atom stereocenters. The van der Waals surface area contributed by atoms with E-state index in [1.165, 1.54) is 12.1 Å². The lowest BCUT2D eigenvalue weighted by molar-refractivity contribution is 0.477. The van der Waals surface area contributed by atoms with Gasteiger partial charge in [-0.2, -0.15) is 10.5 Å². The van der Waals surface area contributed by atoms with Crippen molar-refractivity contribution in [3.8, 4) is 29.0 Å². The number of benzene rings is 2. The van der Waals surface area contributed by atoms with Gasteiger partial charge in [0.1, 0.15) is 5.75 Å². The fourth-order valence-corrected chi connectivity index (χ4v) is 1.64. The predicted molar refractivity (Wildman–Crippen MR) is 63.0 cm³/mol. The van der Waals surface area contributed by atoms with Gasteiger partial charge in [0.15, 0.2) is 0 Å². The number of rotatable bonds is 1. The molecule has 0 bridgehead atoms. The highest BCUT2D eigenvalue weighted by molar-refractivity contribution is 5.76. The van der Waals surface area contributed by atoms with Gasteiger partial charge in [0.25, 0.3) is 0 Å². The molecule has 80 valence electrons. The van der Waals surface area contributed by atoms with Crippen LogP contribution < -0.4 is 0 Å². The monoisotopic (exact) mass is 220 g/mol. The van der Waals surface area contributed by atoms with E-state index in [-0.39, 0.29) is 5.75 Å². The van der Waals surface area contributed by atoms with Gasteiger partial charge in [0, 0.05) is 11.1 Å². The molecule has 1 N–H and O–H groups in total. The van der Waals surface area contributed by atoms with E-state index in [0.717, 1.165) is 0 Å². The number of phenolic OH excluding ortho intramolecular Hbond substituents is 1. The molecule has 3 heteroatoms. The second-order valence-corrected chi connectivity index (χ2v) is 3.50. The van der Waals surface area contributed by atoms with E-state index in [4.69, 9.17) is 10.5 Å². The lowest BCUT2D eigenvalue weighted by Gasteiger charge is -2.06. The highest BCUT2D eigenvalue weighted by Gasteiger charge is 2.09. The molecule has 0 saturated carbocycles. The van der Waals surface area contributed by atoms with Crippen molar-refractivity contribution >= 4 is 0 Å². The first kappa shape index (κ1) is 10.7. The van der Waals surface area contributed by atoms with Crippen LogP contribution in [0.15, 0.2) is 42.5 Å². The summed E-state index contributed by atoms with van der Waals surface area (Å²) in [6, 6.07) is 15.6. The number of aromatic hydroxyl groups is 1. The predicted octanol–water partition coefficient (Wildman–Crippen LogP) is 2.80. The summed E-state index contributed by atoms with van der Waals surface area (Å²) in [6.07, 6.45) is 0. The van der Waals surface area contributed by atoms with Crippen molar-refractivity contribution in [3.63, 3.8) is 0 Å². The van der Waals surface area contributed by atoms with Gasteiger partial charge in [0.2, 0.25) is 0 Å². The highest BCUT2D eigenvalue weighted by atomic mass is 16.3. The number of hydrogen-bond acceptors (Lipinski definition) is 3. The van der Waals surface area contributed by atoms with Crippen molar-refractivity contribution in [3.05, 3.63) is 53.6 Å². The van der Waals surface area contributed by atoms with E-state index < -0.39 is 0 Å². The van der Waals surface area contributed by atoms with Crippen molar-refractivity contribution < 1.29 is 5.11 Å². The van der Waals surface area contributed by atoms with Crippen LogP contribution in [-0.4, -0.2) is 5.11 Å². The van der Waals surface area contributed by atoms with Crippen LogP contribution in [0.3, 0.4) is 0 Å². The second-order valence-electron chi connectivity index (χ2n) is 3.50. The van der Waals surface area contributed by atoms with E-state index >= 15 is 0 Å². The quantitative estimate of drug-likeness (QED) is 0.803. The van der Waals surface area contributed by atoms with Gasteiger partial charge in [-0.15, -0.1) is 0 Å². The Bertz CT molecular complexity index is 648. The van der Waals surface area contributed by atoms with Gasteiger partial charge < -0.3 is 5.11 Å². The zero-order valence-corrected chi connectivity index (χ0v) is 8.88. The fourth-order valence-electron chi connectivity index (χ4n) is 1.64. The normalized spacial score (nSPS) is 9.29. The van der Waals surface area contributed by atoms with Gasteiger partial charge in [-0.1, -0.05) is 18.2 Å². The fraction of sp³-hybridized carbons (Fsp3) is 0. The van der Waals surface area contributed by atoms with Crippen LogP contribution in [0.25, 0.3) is 11.1 Å². The third-order valence-corrected chi connectivity index (χ3v) is 2.46. The average Bonchev–Trinajstić information content (AvgIpc) is 2.39. The maximum absolute atomic E-state index is 9.79. The van der Waals surface area contributed by atoms with Crippen molar-refractivity contribution in [2.75, 3.05) is 0 Å². The molecular weight excluding hydrogens is 212 g/mol. The molecule has 0 aliphatic carbocycles. The summed E-state index contributed by atoms with van der Waals surface area (Å²) in [5.74, 6) is 0.0618. The van der Waals surface area contributed by atoms with Gasteiger partial charge in [-0.25, -0.2) is 0 Å². The lowest BCUT2D eigenvalue weighted by atomic mass is 9.98. The summed E-state index contributed by atoms with van der Waals surface area (Å²) in [5, 5.41) is 27.6. The molecule has 0 aromatic heterocycles. The zero-order valence-electron chi connectivity index (χ0n) is 8.88. The molecule has 0 heterocycles. The molecule has 0 spiro atoms. The van der Waals surface area contributed by atoms with Crippen LogP contribution in [0.1, 0.15) is 11.1 Å². The van der Waals surface area contributed by atoms with Gasteiger partial charge in [-0.3, -0.25) is 0 Å². The minimum absolute atomic E-state index is 0.0618. The van der Waals surface area contributed by atoms with Gasteiger partial charge >= 0.3 is 0 Å². The maximum atomic E-state index is 9.79. The topological polar surface area (TPSA) is 67.8 Å². The average molecular weight is 220 g/mol. The maximum Gasteiger partial charge on any atom is 0.123 e. The van der Waals surface area contributed by atoms with E-state index in [1.54, 1.807) is 30.3 Å². The van der Waals surface area contributed by atoms with Crippen LogP contribution >= 0.6 is 0 Å². The third-order valence-electron chi connectivity index (χ3n) is 2.46. The first-order valence-corrected chi connectivity index (χ1v) is 4.99. The van der Waals surface area contributed by atoms with Crippen LogP contribution in [0.2, 0.25) is 0 Å². The second kappa shape index (κ2) is 4.38. The lowest BCUT2D eigenvalue weighted by Crippen LogP contribution is -1.86. The van der Waals surface area contributed by atoms with Crippen molar-refractivity contribution in [2.24, 2.45) is 0 Å². The minimum Gasteiger partial charge on any atom is -0.507 e. The zero-order chi connectivity index (χ0) is 12.3. The summed E-state index contributed by atoms with van der Waals surface area (Å²) < 4.78 is 0. The Kier molecular flexibility index (Phi) is 2.77. The Morgan fingerprint density at radius 2 is 1.65 bits per heavy atom. The van der Waals surface area contributed by atoms with Gasteiger partial charge in [-0.05, 0) is 24.3 Å². The van der Waals surface area contributed by atoms with Crippen LogP contribution in [-0.2, 0) is 0 Å². The molecule has 0 amide bonds. The SMILES string of the molecule is N#Cc1ccc(O)c(-c2ccccc2C#N)c1. The molecule has 17 heavy (non-hydrogen) atoms. The first-order valence-electron chi connectivity index (χ1n) is 4.99. The largest absolute Gasteiger partial charge is 0.507 e. The summed E-state index contributed by atoms with van der Waals surface area (Å²) in [7, 11) is 0. The Hall–Kier alpha value is -2.78. The molecule has 0 unspecified atom stereocenters. The number of nitrogens with zero attached hydrogens (tertiary/aromatic N) is 2. The Labute approximate surface area is 98.8 Å². The van der Waals surface area contributed by atoms with E-state index in [1.807, 2.05) is 6.07 Å². The van der Waals surface area contributed by atoms with Crippen LogP contribution in [0.5, 0.6) is 5.75 Å². The molecule has 2 aromatic rings. The number of nitriles is 2. The molecule has 0 fully saturated rings. The molecule has 2 rings (SSSR count). The minimum atomic E-state index is 0.0618. The van der Waals surface area contributed by atoms with E-state index in [2.05, 4.69) is 6.07 Å². The Morgan fingerprint density at radius 3 is 2.35 bits per heavy atom. The summed E-state index contributed by atoms with van der Waals surface area (Å²) in [6.45, 7) is 0. The molecule has 0 aliphatic heterocycles. The van der Waals surface area contributed by atoms with Crippen LogP contribution in [0, 0.1) is 22.7 Å². The van der Waals surface area contributed by atoms with Crippen molar-refractivity contribution in [1.82, 2.24) is 0 Å². The summed E-state index contributed by atoms with van der Waals surface area (Å²) in [4.78, 5) is 0. The Morgan fingerprint density at radius 1 is 0.882 bits per heavy atom. The molecule has 0 aliphatic rings. The summed E-state index contributed by atoms with van der Waals surface area (Å²) in [5.41, 5.74) is 2.05. The highest BCUT2D eigenvalue weighted by Crippen LogP contribution is 2.31. The molecule has 3 nitrogen and oxygen atoms in total. The number of phenols is 1. The standard InChI is InChI=1S/C14H8N2O/c15-8-10-5-6-14(17)13(7-10)12-4-2-1-3-11(12)9-16/h1-7,17H. The molecular formula is C14H8N2O. The number of hydrogen-bond donors (Lipinski definition) is 1. The first-order chi connectivity index (χ1) is 8.26. The van der Waals surface area contributed by atoms with Crippen molar-refractivity contribution in [1.29, 1.82) is 10.5 Å². The molecule has 2 aromatic carbocycles. The third kappa shape index (κ3) is 1.95.